The van der Waals surface area contributed by atoms with Crippen LogP contribution in [0.4, 0.5) is 13.6 Å². The van der Waals surface area contributed by atoms with Crippen LogP contribution in [-0.4, -0.2) is 71.1 Å². The number of hydrogen-bond acceptors (Lipinski definition) is 11. The number of pyridine rings is 1. The van der Waals surface area contributed by atoms with Crippen molar-refractivity contribution in [3.8, 4) is 5.75 Å². The fourth-order valence-electron chi connectivity index (χ4n) is 4.36. The van der Waals surface area contributed by atoms with Gasteiger partial charge in [-0.1, -0.05) is 6.07 Å². The first-order valence-corrected chi connectivity index (χ1v) is 13.6. The molecule has 4 rings (SSSR count). The maximum Gasteiger partial charge on any atom is 0.511 e. The first-order chi connectivity index (χ1) is 19.4. The van der Waals surface area contributed by atoms with Crippen LogP contribution in [0.15, 0.2) is 29.2 Å². The molecular formula is C24H24F2N2O12P-. The fourth-order valence-corrected chi connectivity index (χ4v) is 4.66. The summed E-state index contributed by atoms with van der Waals surface area (Å²) < 4.78 is 63.3. The van der Waals surface area contributed by atoms with E-state index in [0.717, 1.165) is 6.07 Å². The van der Waals surface area contributed by atoms with E-state index in [1.165, 1.54) is 21.7 Å². The first-order valence-electron chi connectivity index (χ1n) is 12.1. The number of ketones is 1. The highest BCUT2D eigenvalue weighted by molar-refractivity contribution is 7.44. The second-order valence-electron chi connectivity index (χ2n) is 9.02. The number of rotatable bonds is 11. The van der Waals surface area contributed by atoms with Crippen LogP contribution in [0.3, 0.4) is 0 Å². The van der Waals surface area contributed by atoms with Crippen LogP contribution in [0, 0.1) is 11.6 Å². The van der Waals surface area contributed by atoms with Crippen molar-refractivity contribution >= 4 is 25.7 Å². The van der Waals surface area contributed by atoms with Crippen LogP contribution in [-0.2, 0) is 36.3 Å². The fraction of sp³-hybridized carbons (Fsp3) is 0.417. The van der Waals surface area contributed by atoms with E-state index in [4.69, 9.17) is 19.1 Å². The lowest BCUT2D eigenvalue weighted by Crippen LogP contribution is -2.49. The highest BCUT2D eigenvalue weighted by atomic mass is 31.2. The zero-order valence-corrected chi connectivity index (χ0v) is 22.3. The predicted octanol–water partition coefficient (Wildman–Crippen LogP) is 1.11. The van der Waals surface area contributed by atoms with Gasteiger partial charge in [0.15, 0.2) is 17.7 Å². The van der Waals surface area contributed by atoms with Gasteiger partial charge in [-0.25, -0.2) is 13.6 Å². The number of Topliss-reactive ketones (excluding diaryl/α,β-unsaturated/α-hetero) is 1. The molecule has 2 aromatic rings. The summed E-state index contributed by atoms with van der Waals surface area (Å²) in [6.45, 7) is -0.231. The molecule has 1 aromatic heterocycles. The van der Waals surface area contributed by atoms with Gasteiger partial charge in [-0.3, -0.25) is 18.9 Å². The molecule has 1 saturated heterocycles. The molecule has 1 unspecified atom stereocenters. The molecule has 1 amide bonds. The van der Waals surface area contributed by atoms with E-state index < -0.39 is 74.7 Å². The van der Waals surface area contributed by atoms with Crippen molar-refractivity contribution < 1.29 is 61.0 Å². The van der Waals surface area contributed by atoms with Crippen LogP contribution in [0.1, 0.15) is 39.8 Å². The molecule has 3 atom stereocenters. The van der Waals surface area contributed by atoms with Crippen LogP contribution >= 0.6 is 7.82 Å². The Kier molecular flexibility index (Phi) is 9.19. The third-order valence-corrected chi connectivity index (χ3v) is 6.73. The Morgan fingerprint density at radius 2 is 1.98 bits per heavy atom. The number of aryl methyl sites for hydroxylation is 1. The standard InChI is InChI=1S/C24H25F2N2O12P/c1-13-11-37-19-10-27-9-16(18(29)5-3-14-2-4-15(25)8-17(14)26)21(30)22(20(27)23(31)28(13)19)38-12-39-24(32)36-6-7-40-41(33,34)35/h2,4,8-9,13,19H,3,5-7,10-12H2,1H3,(H2,33,34,35)/p-1/t13-,19+/m0/s1. The number of hydrogen-bond donors (Lipinski definition) is 1. The summed E-state index contributed by atoms with van der Waals surface area (Å²) in [5.74, 6) is -3.57. The Balaban J connectivity index is 1.53. The second kappa shape index (κ2) is 12.4. The second-order valence-corrected chi connectivity index (χ2v) is 10.2. The predicted molar refractivity (Wildman–Crippen MR) is 129 cm³/mol. The monoisotopic (exact) mass is 601 g/mol. The number of fused-ring (bicyclic) bond motifs is 2. The number of carbonyl (C=O) groups excluding carboxylic acids is 3. The number of nitrogens with zero attached hydrogens (tertiary/aromatic N) is 2. The Morgan fingerprint density at radius 3 is 2.68 bits per heavy atom. The topological polar surface area (TPSA) is 183 Å². The summed E-state index contributed by atoms with van der Waals surface area (Å²) in [4.78, 5) is 71.9. The van der Waals surface area contributed by atoms with Crippen molar-refractivity contribution in [1.82, 2.24) is 9.47 Å². The zero-order chi connectivity index (χ0) is 29.9. The van der Waals surface area contributed by atoms with Gasteiger partial charge in [-0.2, -0.15) is 0 Å². The van der Waals surface area contributed by atoms with Gasteiger partial charge in [0.2, 0.25) is 18.0 Å². The van der Waals surface area contributed by atoms with E-state index in [-0.39, 0.29) is 48.9 Å². The summed E-state index contributed by atoms with van der Waals surface area (Å²) in [5.41, 5.74) is -1.53. The van der Waals surface area contributed by atoms with Crippen LogP contribution in [0.25, 0.3) is 0 Å². The van der Waals surface area contributed by atoms with E-state index in [1.54, 1.807) is 6.92 Å². The van der Waals surface area contributed by atoms with Gasteiger partial charge in [0.25, 0.3) is 13.7 Å². The smallest absolute Gasteiger partial charge is 0.511 e. The van der Waals surface area contributed by atoms with Gasteiger partial charge in [0.1, 0.15) is 18.2 Å². The molecule has 2 aliphatic rings. The molecule has 0 spiro atoms. The van der Waals surface area contributed by atoms with E-state index in [0.29, 0.717) is 6.07 Å². The third kappa shape index (κ3) is 7.15. The van der Waals surface area contributed by atoms with E-state index in [9.17, 15) is 37.4 Å². The molecule has 41 heavy (non-hydrogen) atoms. The van der Waals surface area contributed by atoms with Crippen molar-refractivity contribution in [3.05, 3.63) is 63.1 Å². The number of amides is 1. The van der Waals surface area contributed by atoms with Crippen molar-refractivity contribution in [2.45, 2.75) is 38.6 Å². The largest absolute Gasteiger partial charge is 0.756 e. The Bertz CT molecular complexity index is 1460. The minimum atomic E-state index is -5.01. The normalized spacial score (nSPS) is 19.2. The molecule has 0 bridgehead atoms. The van der Waals surface area contributed by atoms with Crippen LogP contribution in [0.2, 0.25) is 0 Å². The van der Waals surface area contributed by atoms with Crippen molar-refractivity contribution in [1.29, 1.82) is 0 Å². The third-order valence-electron chi connectivity index (χ3n) is 6.22. The average molecular weight is 601 g/mol. The van der Waals surface area contributed by atoms with Crippen LogP contribution in [0.5, 0.6) is 5.75 Å². The Hall–Kier alpha value is -3.69. The van der Waals surface area contributed by atoms with E-state index in [2.05, 4.69) is 9.26 Å². The molecular weight excluding hydrogens is 577 g/mol. The lowest BCUT2D eigenvalue weighted by Gasteiger charge is -2.34. The molecule has 0 radical (unpaired) electrons. The number of phosphoric acid groups is 1. The summed E-state index contributed by atoms with van der Waals surface area (Å²) >= 11 is 0. The summed E-state index contributed by atoms with van der Waals surface area (Å²) in [6.07, 6.45) is -1.32. The van der Waals surface area contributed by atoms with Gasteiger partial charge in [0, 0.05) is 18.7 Å². The lowest BCUT2D eigenvalue weighted by atomic mass is 10.0. The minimum Gasteiger partial charge on any atom is -0.756 e. The van der Waals surface area contributed by atoms with Gasteiger partial charge in [-0.05, 0) is 25.0 Å². The molecule has 0 saturated carbocycles. The molecule has 14 nitrogen and oxygen atoms in total. The lowest BCUT2D eigenvalue weighted by molar-refractivity contribution is -0.220. The number of benzene rings is 1. The number of carbonyl (C=O) groups is 3. The quantitative estimate of drug-likeness (QED) is 0.128. The van der Waals surface area contributed by atoms with Crippen molar-refractivity contribution in [3.63, 3.8) is 0 Å². The first kappa shape index (κ1) is 30.3. The maximum absolute atomic E-state index is 14.0. The number of phosphoric ester groups is 1. The summed E-state index contributed by atoms with van der Waals surface area (Å²) in [6, 6.07) is 2.57. The minimum absolute atomic E-state index is 0.0479. The highest BCUT2D eigenvalue weighted by Crippen LogP contribution is 2.31. The molecule has 1 N–H and O–H groups in total. The summed E-state index contributed by atoms with van der Waals surface area (Å²) in [5, 5.41) is 0. The summed E-state index contributed by atoms with van der Waals surface area (Å²) in [7, 11) is -5.01. The van der Waals surface area contributed by atoms with Gasteiger partial charge in [0.05, 0.1) is 31.4 Å². The Labute approximate surface area is 230 Å². The Morgan fingerprint density at radius 1 is 1.22 bits per heavy atom. The molecule has 17 heteroatoms. The number of ether oxygens (including phenoxy) is 4. The van der Waals surface area contributed by atoms with Crippen molar-refractivity contribution in [2.75, 3.05) is 26.6 Å². The zero-order valence-electron chi connectivity index (χ0n) is 21.4. The maximum atomic E-state index is 14.0. The molecule has 222 valence electrons. The number of halogens is 2. The van der Waals surface area contributed by atoms with E-state index >= 15 is 0 Å². The van der Waals surface area contributed by atoms with Gasteiger partial charge < -0.3 is 42.7 Å². The molecule has 1 aromatic carbocycles. The van der Waals surface area contributed by atoms with E-state index in [1.807, 2.05) is 0 Å². The van der Waals surface area contributed by atoms with Crippen LogP contribution < -0.4 is 15.1 Å². The number of aromatic nitrogens is 1. The average Bonchev–Trinajstić information content (AvgIpc) is 3.27. The highest BCUT2D eigenvalue weighted by Gasteiger charge is 2.43. The molecule has 3 heterocycles. The van der Waals surface area contributed by atoms with Gasteiger partial charge >= 0.3 is 6.16 Å². The van der Waals surface area contributed by atoms with Gasteiger partial charge in [-0.15, -0.1) is 0 Å². The molecule has 2 aliphatic heterocycles. The van der Waals surface area contributed by atoms with Crippen molar-refractivity contribution in [2.24, 2.45) is 0 Å². The molecule has 1 fully saturated rings. The SMILES string of the molecule is C[C@H]1CO[C@@H]2Cn3cc(C(=O)CCc4ccc(F)cc4F)c(=O)c(OCOC(=O)OCCOP(=O)([O-])O)c3C(=O)N12. The molecule has 0 aliphatic carbocycles.